The Morgan fingerprint density at radius 1 is 1.03 bits per heavy atom. The second kappa shape index (κ2) is 9.67. The van der Waals surface area contributed by atoms with Gasteiger partial charge in [-0.1, -0.05) is 78.9 Å². The number of β-lactam (4-membered cyclic amide) rings is 1. The number of aromatic nitrogens is 1. The van der Waals surface area contributed by atoms with Crippen molar-refractivity contribution < 1.29 is 14.3 Å². The van der Waals surface area contributed by atoms with Gasteiger partial charge in [-0.2, -0.15) is 0 Å². The van der Waals surface area contributed by atoms with Crippen molar-refractivity contribution in [2.24, 2.45) is 5.73 Å². The first-order valence-electron chi connectivity index (χ1n) is 11.0. The molecule has 2 aliphatic heterocycles. The average molecular weight is 470 g/mol. The summed E-state index contributed by atoms with van der Waals surface area (Å²) in [6, 6.07) is 22.3. The monoisotopic (exact) mass is 469 g/mol. The Bertz CT molecular complexity index is 1210. The molecule has 1 aromatic heterocycles. The van der Waals surface area contributed by atoms with Crippen LogP contribution in [-0.2, 0) is 14.3 Å². The number of hydrogen-bond acceptors (Lipinski definition) is 6. The van der Waals surface area contributed by atoms with E-state index in [1.54, 1.807) is 24.2 Å². The van der Waals surface area contributed by atoms with Crippen LogP contribution < -0.4 is 5.73 Å². The van der Waals surface area contributed by atoms with Gasteiger partial charge in [0.1, 0.15) is 17.1 Å². The number of benzene rings is 2. The van der Waals surface area contributed by atoms with E-state index in [0.717, 1.165) is 22.3 Å². The molecule has 3 aromatic rings. The number of allylic oxidation sites excluding steroid dienone is 1. The molecule has 0 saturated carbocycles. The molecule has 1 saturated heterocycles. The highest BCUT2D eigenvalue weighted by molar-refractivity contribution is 8.00. The Labute approximate surface area is 202 Å². The lowest BCUT2D eigenvalue weighted by molar-refractivity contribution is -0.153. The van der Waals surface area contributed by atoms with Crippen molar-refractivity contribution >= 4 is 29.7 Å². The molecule has 0 radical (unpaired) electrons. The van der Waals surface area contributed by atoms with Crippen LogP contribution in [0.1, 0.15) is 22.8 Å². The predicted octanol–water partition coefficient (Wildman–Crippen LogP) is 3.92. The van der Waals surface area contributed by atoms with Crippen LogP contribution >= 0.6 is 11.8 Å². The van der Waals surface area contributed by atoms with E-state index in [2.05, 4.69) is 4.98 Å². The van der Waals surface area contributed by atoms with Crippen LogP contribution in [0.15, 0.2) is 103 Å². The maximum absolute atomic E-state index is 13.6. The summed E-state index contributed by atoms with van der Waals surface area (Å²) >= 11 is 1.55. The first-order chi connectivity index (χ1) is 16.6. The van der Waals surface area contributed by atoms with Crippen molar-refractivity contribution in [1.82, 2.24) is 9.88 Å². The Morgan fingerprint density at radius 3 is 2.32 bits per heavy atom. The maximum Gasteiger partial charge on any atom is 0.356 e. The second-order valence-corrected chi connectivity index (χ2v) is 9.14. The van der Waals surface area contributed by atoms with Crippen molar-refractivity contribution in [3.63, 3.8) is 0 Å². The highest BCUT2D eigenvalue weighted by Gasteiger charge is 2.52. The van der Waals surface area contributed by atoms with Crippen molar-refractivity contribution in [2.45, 2.75) is 17.5 Å². The van der Waals surface area contributed by atoms with Crippen LogP contribution in [-0.4, -0.2) is 38.9 Å². The van der Waals surface area contributed by atoms with E-state index in [9.17, 15) is 9.59 Å². The summed E-state index contributed by atoms with van der Waals surface area (Å²) < 4.78 is 6.09. The van der Waals surface area contributed by atoms with Gasteiger partial charge >= 0.3 is 5.97 Å². The summed E-state index contributed by atoms with van der Waals surface area (Å²) in [6.45, 7) is 0. The van der Waals surface area contributed by atoms with Crippen LogP contribution in [0.4, 0.5) is 0 Å². The lowest BCUT2D eigenvalue weighted by atomic mass is 10.0. The zero-order valence-electron chi connectivity index (χ0n) is 18.3. The molecule has 170 valence electrons. The van der Waals surface area contributed by atoms with Gasteiger partial charge in [0.05, 0.1) is 0 Å². The molecule has 0 aliphatic carbocycles. The fraction of sp³-hybridized carbons (Fsp3) is 0.148. The minimum absolute atomic E-state index is 0.257. The van der Waals surface area contributed by atoms with Crippen molar-refractivity contribution in [3.8, 4) is 0 Å². The van der Waals surface area contributed by atoms with E-state index in [0.29, 0.717) is 5.75 Å². The molecule has 2 N–H and O–H groups in total. The van der Waals surface area contributed by atoms with Gasteiger partial charge in [0.2, 0.25) is 5.91 Å². The lowest BCUT2D eigenvalue weighted by Crippen LogP contribution is -2.68. The smallest absolute Gasteiger partial charge is 0.356 e. The SMILES string of the molecule is NC1C(=O)N2C(C(=O)OC(c3ccccc3)c3ccccc3)=C(C=Cc3cccnc3)CS[C@H]12. The topological polar surface area (TPSA) is 85.5 Å². The number of carbonyl (C=O) groups excluding carboxylic acids is 2. The van der Waals surface area contributed by atoms with E-state index >= 15 is 0 Å². The fourth-order valence-corrected chi connectivity index (χ4v) is 5.34. The van der Waals surface area contributed by atoms with Crippen molar-refractivity contribution in [2.75, 3.05) is 5.75 Å². The van der Waals surface area contributed by atoms with Gasteiger partial charge in [-0.25, -0.2) is 4.79 Å². The van der Waals surface area contributed by atoms with Crippen LogP contribution in [0.2, 0.25) is 0 Å². The molecular formula is C27H23N3O3S. The molecule has 1 fully saturated rings. The third-order valence-electron chi connectivity index (χ3n) is 5.82. The molecular weight excluding hydrogens is 446 g/mol. The van der Waals surface area contributed by atoms with E-state index in [1.807, 2.05) is 84.9 Å². The zero-order chi connectivity index (χ0) is 23.5. The number of thioether (sulfide) groups is 1. The number of amides is 1. The number of rotatable bonds is 6. The minimum Gasteiger partial charge on any atom is -0.448 e. The number of fused-ring (bicyclic) bond motifs is 1. The van der Waals surface area contributed by atoms with Gasteiger partial charge in [-0.3, -0.25) is 14.7 Å². The first kappa shape index (κ1) is 22.1. The third kappa shape index (κ3) is 4.27. The van der Waals surface area contributed by atoms with E-state index in [4.69, 9.17) is 10.5 Å². The summed E-state index contributed by atoms with van der Waals surface area (Å²) in [5, 5.41) is -0.266. The van der Waals surface area contributed by atoms with Gasteiger partial charge in [0, 0.05) is 18.1 Å². The quantitative estimate of drug-likeness (QED) is 0.435. The van der Waals surface area contributed by atoms with E-state index in [-0.39, 0.29) is 17.0 Å². The Hall–Kier alpha value is -3.68. The molecule has 2 atom stereocenters. The van der Waals surface area contributed by atoms with Crippen LogP contribution in [0.5, 0.6) is 0 Å². The number of ether oxygens (including phenoxy) is 1. The van der Waals surface area contributed by atoms with Gasteiger partial charge < -0.3 is 10.5 Å². The predicted molar refractivity (Wildman–Crippen MR) is 132 cm³/mol. The molecule has 0 bridgehead atoms. The summed E-state index contributed by atoms with van der Waals surface area (Å²) in [7, 11) is 0. The largest absolute Gasteiger partial charge is 0.448 e. The average Bonchev–Trinajstić information content (AvgIpc) is 2.91. The summed E-state index contributed by atoms with van der Waals surface area (Å²) in [6.07, 6.45) is 6.57. The zero-order valence-corrected chi connectivity index (χ0v) is 19.1. The maximum atomic E-state index is 13.6. The van der Waals surface area contributed by atoms with Gasteiger partial charge in [-0.05, 0) is 28.3 Å². The van der Waals surface area contributed by atoms with Crippen molar-refractivity contribution in [3.05, 3.63) is 119 Å². The number of esters is 1. The van der Waals surface area contributed by atoms with Crippen molar-refractivity contribution in [1.29, 1.82) is 0 Å². The molecule has 1 amide bonds. The molecule has 7 heteroatoms. The number of pyridine rings is 1. The normalized spacial score (nSPS) is 19.8. The van der Waals surface area contributed by atoms with E-state index in [1.165, 1.54) is 4.90 Å². The molecule has 6 nitrogen and oxygen atoms in total. The highest BCUT2D eigenvalue weighted by atomic mass is 32.2. The number of carbonyl (C=O) groups is 2. The molecule has 34 heavy (non-hydrogen) atoms. The van der Waals surface area contributed by atoms with Gasteiger partial charge in [0.25, 0.3) is 0 Å². The van der Waals surface area contributed by atoms with Gasteiger partial charge in [0.15, 0.2) is 6.10 Å². The van der Waals surface area contributed by atoms with Gasteiger partial charge in [-0.15, -0.1) is 11.8 Å². The molecule has 2 aromatic carbocycles. The molecule has 1 unspecified atom stereocenters. The third-order valence-corrected chi connectivity index (χ3v) is 7.15. The Balaban J connectivity index is 1.51. The highest BCUT2D eigenvalue weighted by Crippen LogP contribution is 2.41. The first-order valence-corrected chi connectivity index (χ1v) is 12.0. The summed E-state index contributed by atoms with van der Waals surface area (Å²) in [5.74, 6) is -0.272. The molecule has 3 heterocycles. The van der Waals surface area contributed by atoms with E-state index < -0.39 is 18.1 Å². The molecule has 5 rings (SSSR count). The number of nitrogens with two attached hydrogens (primary N) is 1. The Kier molecular flexibility index (Phi) is 6.29. The minimum atomic E-state index is -0.615. The second-order valence-electron chi connectivity index (χ2n) is 8.04. The standard InChI is InChI=1S/C27H23N3O3S/c28-22-25(31)30-23(21(17-34-26(22)30)14-13-18-8-7-15-29-16-18)27(32)33-24(19-9-3-1-4-10-19)20-11-5-2-6-12-20/h1-16,22,24,26H,17,28H2/t22?,26-/m1/s1. The molecule has 2 aliphatic rings. The molecule has 0 spiro atoms. The number of hydrogen-bond donors (Lipinski definition) is 1. The van der Waals surface area contributed by atoms with Crippen LogP contribution in [0.25, 0.3) is 6.08 Å². The summed E-state index contributed by atoms with van der Waals surface area (Å²) in [5.41, 5.74) is 9.59. The van der Waals surface area contributed by atoms with Crippen LogP contribution in [0.3, 0.4) is 0 Å². The van der Waals surface area contributed by atoms with Crippen LogP contribution in [0, 0.1) is 0 Å². The lowest BCUT2D eigenvalue weighted by Gasteiger charge is -2.48. The summed E-state index contributed by atoms with van der Waals surface area (Å²) in [4.78, 5) is 31.9. The number of nitrogens with zero attached hydrogens (tertiary/aromatic N) is 2. The Morgan fingerprint density at radius 2 is 1.71 bits per heavy atom. The fourth-order valence-electron chi connectivity index (χ4n) is 4.08.